The molecule has 8 rings (SSSR count). The summed E-state index contributed by atoms with van der Waals surface area (Å²) >= 11 is 1.46. The van der Waals surface area contributed by atoms with Gasteiger partial charge in [-0.25, -0.2) is 6.08 Å². The molecule has 0 fully saturated rings. The Morgan fingerprint density at radius 1 is 0.650 bits per heavy atom. The number of hydrogen-bond donors (Lipinski definition) is 0. The molecule has 1 atom stereocenters. The summed E-state index contributed by atoms with van der Waals surface area (Å²) in [6.07, 6.45) is 12.8. The van der Waals surface area contributed by atoms with Crippen molar-refractivity contribution in [1.29, 1.82) is 0 Å². The Morgan fingerprint density at radius 3 is 1.67 bits per heavy atom. The molecule has 3 heteroatoms. The van der Waals surface area contributed by atoms with Crippen LogP contribution in [0.4, 0.5) is 0 Å². The summed E-state index contributed by atoms with van der Waals surface area (Å²) in [4.78, 5) is 0. The third-order valence-electron chi connectivity index (χ3n) is 11.4. The van der Waals surface area contributed by atoms with Crippen LogP contribution in [0, 0.1) is 65.0 Å². The van der Waals surface area contributed by atoms with Gasteiger partial charge in [-0.15, -0.1) is 54.1 Å². The predicted octanol–water partition coefficient (Wildman–Crippen LogP) is 16.0. The number of aryl methyl sites for hydroxylation is 6. The first kappa shape index (κ1) is 48.8. The van der Waals surface area contributed by atoms with Gasteiger partial charge in [0, 0.05) is 0 Å². The van der Waals surface area contributed by atoms with E-state index in [4.69, 9.17) is 0 Å². The molecule has 0 heterocycles. The molecule has 0 nitrogen and oxygen atoms in total. The third kappa shape index (κ3) is 11.9. The number of allylic oxidation sites excluding steroid dienone is 4. The second kappa shape index (κ2) is 21.8. The second-order valence-electron chi connectivity index (χ2n) is 17.4. The Morgan fingerprint density at radius 2 is 1.17 bits per heavy atom. The van der Waals surface area contributed by atoms with Crippen LogP contribution in [0.25, 0.3) is 33.4 Å². The molecule has 0 spiro atoms. The van der Waals surface area contributed by atoms with Gasteiger partial charge in [0.25, 0.3) is 0 Å². The number of benzene rings is 6. The van der Waals surface area contributed by atoms with Crippen LogP contribution in [0.5, 0.6) is 0 Å². The number of hydrogen-bond acceptors (Lipinski definition) is 0. The molecule has 0 aliphatic heterocycles. The molecule has 0 saturated carbocycles. The zero-order valence-electron chi connectivity index (χ0n) is 37.3. The van der Waals surface area contributed by atoms with Crippen molar-refractivity contribution in [3.8, 4) is 33.4 Å². The third-order valence-corrected chi connectivity index (χ3v) is 12.8. The standard InChI is InChI=1S/C31H29.C13H10.C13H21.2ClH.Zr/c1-18-11-20(3)30(21(4)12-18)24-7-9-28-26(15-24)17-27-16-25(8-10-29(27)28)31-22(5)13-19(2)14-23(31)6;1-3-7-12(8-4-1)11-13-9-5-2-6-10-13;1-5-6-7-11-8-9-12(10-11)13(2,3)4;;;/h7-15H,17H2,1-6H3;1-10H;9-11H,5-7H2,1-4H3;2*1H;/q-1;;-1;;;+2. The van der Waals surface area contributed by atoms with Crippen molar-refractivity contribution in [2.45, 2.75) is 94.9 Å². The number of fused-ring (bicyclic) bond motifs is 3. The van der Waals surface area contributed by atoms with Gasteiger partial charge in [-0.1, -0.05) is 140 Å². The van der Waals surface area contributed by atoms with E-state index in [1.807, 2.05) is 0 Å². The number of halogens is 2. The summed E-state index contributed by atoms with van der Waals surface area (Å²) in [5.41, 5.74) is 23.1. The first-order chi connectivity index (χ1) is 27.7. The van der Waals surface area contributed by atoms with Crippen LogP contribution in [-0.4, -0.2) is 3.21 Å². The van der Waals surface area contributed by atoms with Gasteiger partial charge >= 0.3 is 99.2 Å². The van der Waals surface area contributed by atoms with Crippen molar-refractivity contribution in [3.05, 3.63) is 201 Å². The van der Waals surface area contributed by atoms with E-state index in [1.54, 1.807) is 0 Å². The topological polar surface area (TPSA) is 0 Å². The minimum absolute atomic E-state index is 0. The number of unbranched alkanes of at least 4 members (excludes halogenated alkanes) is 1. The van der Waals surface area contributed by atoms with Crippen LogP contribution in [0.15, 0.2) is 133 Å². The van der Waals surface area contributed by atoms with Crippen LogP contribution in [0.2, 0.25) is 0 Å². The maximum atomic E-state index is 3.78. The zero-order chi connectivity index (χ0) is 41.6. The summed E-state index contributed by atoms with van der Waals surface area (Å²) in [5, 5.41) is 0. The van der Waals surface area contributed by atoms with E-state index >= 15 is 0 Å². The predicted molar refractivity (Wildman–Crippen MR) is 262 cm³/mol. The van der Waals surface area contributed by atoms with Crippen LogP contribution in [-0.2, 0) is 30.7 Å². The molecule has 308 valence electrons. The monoisotopic (exact) mass is 906 g/mol. The van der Waals surface area contributed by atoms with E-state index in [-0.39, 0.29) is 24.8 Å². The Bertz CT molecular complexity index is 2270. The fourth-order valence-electron chi connectivity index (χ4n) is 8.61. The summed E-state index contributed by atoms with van der Waals surface area (Å²) in [7, 11) is 0. The van der Waals surface area contributed by atoms with Gasteiger partial charge in [0.1, 0.15) is 0 Å². The van der Waals surface area contributed by atoms with E-state index in [0.717, 1.165) is 6.42 Å². The van der Waals surface area contributed by atoms with Crippen LogP contribution < -0.4 is 0 Å². The molecular weight excluding hydrogens is 847 g/mol. The van der Waals surface area contributed by atoms with Crippen molar-refractivity contribution in [1.82, 2.24) is 0 Å². The molecular formula is C57H62Cl2Zr. The molecule has 2 aliphatic carbocycles. The van der Waals surface area contributed by atoms with Crippen LogP contribution in [0.1, 0.15) is 103 Å². The molecule has 0 aromatic heterocycles. The quantitative estimate of drug-likeness (QED) is 0.140. The molecule has 0 saturated heterocycles. The SMILES string of the molecule is CCCCC1[C-]=CC(C(C)(C)C)=C1.Cc1cc(C)c(-c2[c-]c3c(cc2)-c2ccc(-c4c(C)cc(C)cc4C)cc2C3)c(C)c1.Cl.Cl.[Zr+2]=[C](c1ccccc1)c1ccccc1. The molecule has 1 unspecified atom stereocenters. The van der Waals surface area contributed by atoms with Crippen molar-refractivity contribution >= 4 is 28.0 Å². The van der Waals surface area contributed by atoms with Gasteiger partial charge in [0.2, 0.25) is 0 Å². The Balaban J connectivity index is 0.000000228. The Hall–Kier alpha value is -3.87. The zero-order valence-corrected chi connectivity index (χ0v) is 41.4. The van der Waals surface area contributed by atoms with Crippen molar-refractivity contribution in [3.63, 3.8) is 0 Å². The van der Waals surface area contributed by atoms with E-state index in [1.165, 1.54) is 141 Å². The molecule has 6 aromatic carbocycles. The molecule has 0 N–H and O–H groups in total. The van der Waals surface area contributed by atoms with E-state index < -0.39 is 0 Å². The van der Waals surface area contributed by atoms with Gasteiger partial charge in [-0.2, -0.15) is 11.6 Å². The average Bonchev–Trinajstić information content (AvgIpc) is 3.82. The normalized spacial score (nSPS) is 13.3. The first-order valence-electron chi connectivity index (χ1n) is 21.1. The number of rotatable bonds is 7. The Labute approximate surface area is 389 Å². The van der Waals surface area contributed by atoms with Gasteiger partial charge < -0.3 is 0 Å². The van der Waals surface area contributed by atoms with Crippen molar-refractivity contribution < 1.29 is 24.2 Å². The molecule has 60 heavy (non-hydrogen) atoms. The van der Waals surface area contributed by atoms with Gasteiger partial charge in [0.15, 0.2) is 0 Å². The first-order valence-corrected chi connectivity index (χ1v) is 22.3. The summed E-state index contributed by atoms with van der Waals surface area (Å²) < 4.78 is 1.42. The molecule has 2 aliphatic rings. The van der Waals surface area contributed by atoms with E-state index in [0.29, 0.717) is 11.3 Å². The molecule has 6 aromatic rings. The molecule has 0 bridgehead atoms. The second-order valence-corrected chi connectivity index (χ2v) is 18.6. The van der Waals surface area contributed by atoms with Crippen LogP contribution in [0.3, 0.4) is 0 Å². The summed E-state index contributed by atoms with van der Waals surface area (Å²) in [6, 6.07) is 45.6. The van der Waals surface area contributed by atoms with Crippen molar-refractivity contribution in [2.75, 3.05) is 0 Å². The summed E-state index contributed by atoms with van der Waals surface area (Å²) in [5.74, 6) is 0.592. The molecule has 0 radical (unpaired) electrons. The fourth-order valence-corrected chi connectivity index (χ4v) is 9.43. The average molecular weight is 909 g/mol. The maximum absolute atomic E-state index is 3.78. The van der Waals surface area contributed by atoms with Crippen molar-refractivity contribution in [2.24, 2.45) is 11.3 Å². The minimum atomic E-state index is 0. The fraction of sp³-hybridized carbons (Fsp3) is 0.281. The van der Waals surface area contributed by atoms with E-state index in [2.05, 4.69) is 209 Å². The van der Waals surface area contributed by atoms with Crippen LogP contribution >= 0.6 is 24.8 Å². The van der Waals surface area contributed by atoms with E-state index in [9.17, 15) is 0 Å². The molecule has 0 amide bonds. The summed E-state index contributed by atoms with van der Waals surface area (Å²) in [6.45, 7) is 22.3. The van der Waals surface area contributed by atoms with Gasteiger partial charge in [0.05, 0.1) is 0 Å². The van der Waals surface area contributed by atoms with Gasteiger partial charge in [-0.3, -0.25) is 6.08 Å². The Kier molecular flexibility index (Phi) is 17.7. The van der Waals surface area contributed by atoms with Gasteiger partial charge in [-0.05, 0) is 75.8 Å².